The van der Waals surface area contributed by atoms with Gasteiger partial charge in [-0.05, 0) is 36.8 Å². The van der Waals surface area contributed by atoms with Crippen LogP contribution in [0.5, 0.6) is 0 Å². The van der Waals surface area contributed by atoms with E-state index in [1.165, 1.54) is 0 Å². The van der Waals surface area contributed by atoms with Crippen LogP contribution >= 0.6 is 0 Å². The van der Waals surface area contributed by atoms with Gasteiger partial charge < -0.3 is 14.5 Å². The van der Waals surface area contributed by atoms with E-state index < -0.39 is 0 Å². The summed E-state index contributed by atoms with van der Waals surface area (Å²) in [6.07, 6.45) is 5.22. The number of pyridine rings is 1. The van der Waals surface area contributed by atoms with Crippen LogP contribution in [-0.4, -0.2) is 66.5 Å². The van der Waals surface area contributed by atoms with Gasteiger partial charge in [-0.1, -0.05) is 0 Å². The van der Waals surface area contributed by atoms with Crippen LogP contribution in [0.1, 0.15) is 35.7 Å². The molecule has 2 aliphatic rings. The average Bonchev–Trinajstić information content (AvgIpc) is 2.94. The highest BCUT2D eigenvalue weighted by molar-refractivity contribution is 5.94. The number of methoxy groups -OCH3 is 1. The van der Waals surface area contributed by atoms with Gasteiger partial charge in [0.1, 0.15) is 0 Å². The second-order valence-corrected chi connectivity index (χ2v) is 7.46. The predicted octanol–water partition coefficient (Wildman–Crippen LogP) is 1.74. The lowest BCUT2D eigenvalue weighted by Gasteiger charge is -2.42. The van der Waals surface area contributed by atoms with Gasteiger partial charge in [0.05, 0.1) is 12.2 Å². The SMILES string of the molecule is COCC1CN(C(C)=O)CC12CCN(C(=O)c1cncc(C)c1)CC2. The van der Waals surface area contributed by atoms with Crippen LogP contribution in [0.25, 0.3) is 0 Å². The van der Waals surface area contributed by atoms with Crippen LogP contribution in [0.3, 0.4) is 0 Å². The van der Waals surface area contributed by atoms with Crippen molar-refractivity contribution in [1.82, 2.24) is 14.8 Å². The Balaban J connectivity index is 1.69. The van der Waals surface area contributed by atoms with E-state index in [0.29, 0.717) is 18.1 Å². The number of amides is 2. The number of ether oxygens (including phenoxy) is 1. The molecule has 0 aromatic carbocycles. The summed E-state index contributed by atoms with van der Waals surface area (Å²) < 4.78 is 5.41. The van der Waals surface area contributed by atoms with Gasteiger partial charge in [-0.15, -0.1) is 0 Å². The van der Waals surface area contributed by atoms with Crippen molar-refractivity contribution < 1.29 is 14.3 Å². The first-order valence-electron chi connectivity index (χ1n) is 8.90. The Morgan fingerprint density at radius 3 is 2.60 bits per heavy atom. The molecule has 2 aliphatic heterocycles. The molecular formula is C19H27N3O3. The fourth-order valence-corrected chi connectivity index (χ4v) is 4.28. The van der Waals surface area contributed by atoms with E-state index in [0.717, 1.165) is 44.6 Å². The molecule has 2 fully saturated rings. The van der Waals surface area contributed by atoms with Crippen LogP contribution in [-0.2, 0) is 9.53 Å². The summed E-state index contributed by atoms with van der Waals surface area (Å²) in [5.74, 6) is 0.525. The molecule has 2 amide bonds. The summed E-state index contributed by atoms with van der Waals surface area (Å²) in [6, 6.07) is 1.89. The van der Waals surface area contributed by atoms with Crippen molar-refractivity contribution in [3.05, 3.63) is 29.6 Å². The smallest absolute Gasteiger partial charge is 0.255 e. The lowest BCUT2D eigenvalue weighted by Crippen LogP contribution is -2.47. The van der Waals surface area contributed by atoms with Gasteiger partial charge in [-0.25, -0.2) is 0 Å². The number of carbonyl (C=O) groups excluding carboxylic acids is 2. The molecule has 0 N–H and O–H groups in total. The first kappa shape index (κ1) is 17.9. The molecule has 1 unspecified atom stereocenters. The van der Waals surface area contributed by atoms with Crippen molar-refractivity contribution in [3.63, 3.8) is 0 Å². The molecule has 0 aliphatic carbocycles. The van der Waals surface area contributed by atoms with Crippen molar-refractivity contribution in [1.29, 1.82) is 0 Å². The minimum Gasteiger partial charge on any atom is -0.384 e. The zero-order valence-electron chi connectivity index (χ0n) is 15.3. The molecular weight excluding hydrogens is 318 g/mol. The molecule has 6 heteroatoms. The molecule has 3 heterocycles. The number of aryl methyl sites for hydroxylation is 1. The Hall–Kier alpha value is -1.95. The second kappa shape index (κ2) is 7.12. The van der Waals surface area contributed by atoms with Crippen LogP contribution in [0.2, 0.25) is 0 Å². The van der Waals surface area contributed by atoms with E-state index in [9.17, 15) is 9.59 Å². The number of piperidine rings is 1. The Bertz CT molecular complexity index is 653. The summed E-state index contributed by atoms with van der Waals surface area (Å²) in [7, 11) is 1.72. The number of aromatic nitrogens is 1. The van der Waals surface area contributed by atoms with Gasteiger partial charge in [0.2, 0.25) is 5.91 Å². The number of rotatable bonds is 3. The van der Waals surface area contributed by atoms with Crippen molar-refractivity contribution in [3.8, 4) is 0 Å². The fourth-order valence-electron chi connectivity index (χ4n) is 4.28. The second-order valence-electron chi connectivity index (χ2n) is 7.46. The molecule has 0 radical (unpaired) electrons. The lowest BCUT2D eigenvalue weighted by molar-refractivity contribution is -0.128. The lowest BCUT2D eigenvalue weighted by atomic mass is 9.71. The number of carbonyl (C=O) groups is 2. The van der Waals surface area contributed by atoms with Crippen molar-refractivity contribution in [2.75, 3.05) is 39.9 Å². The van der Waals surface area contributed by atoms with Gasteiger partial charge in [-0.3, -0.25) is 14.6 Å². The number of hydrogen-bond acceptors (Lipinski definition) is 4. The van der Waals surface area contributed by atoms with E-state index in [4.69, 9.17) is 4.74 Å². The molecule has 2 saturated heterocycles. The third-order valence-corrected chi connectivity index (χ3v) is 5.79. The summed E-state index contributed by atoms with van der Waals surface area (Å²) in [4.78, 5) is 32.5. The van der Waals surface area contributed by atoms with Crippen molar-refractivity contribution in [2.24, 2.45) is 11.3 Å². The van der Waals surface area contributed by atoms with Crippen LogP contribution < -0.4 is 0 Å². The topological polar surface area (TPSA) is 62.7 Å². The van der Waals surface area contributed by atoms with Gasteiger partial charge in [-0.2, -0.15) is 0 Å². The first-order chi connectivity index (χ1) is 11.9. The van der Waals surface area contributed by atoms with Crippen LogP contribution in [0, 0.1) is 18.3 Å². The molecule has 1 aromatic rings. The Labute approximate surface area is 149 Å². The van der Waals surface area contributed by atoms with E-state index in [2.05, 4.69) is 4.98 Å². The highest BCUT2D eigenvalue weighted by Crippen LogP contribution is 2.45. The zero-order valence-corrected chi connectivity index (χ0v) is 15.3. The maximum absolute atomic E-state index is 12.7. The van der Waals surface area contributed by atoms with Gasteiger partial charge in [0, 0.05) is 58.5 Å². The average molecular weight is 345 g/mol. The normalized spacial score (nSPS) is 22.4. The summed E-state index contributed by atoms with van der Waals surface area (Å²) >= 11 is 0. The maximum Gasteiger partial charge on any atom is 0.255 e. The number of nitrogens with zero attached hydrogens (tertiary/aromatic N) is 3. The largest absolute Gasteiger partial charge is 0.384 e. The number of hydrogen-bond donors (Lipinski definition) is 0. The summed E-state index contributed by atoms with van der Waals surface area (Å²) in [5.41, 5.74) is 1.72. The van der Waals surface area contributed by atoms with Crippen molar-refractivity contribution >= 4 is 11.8 Å². The summed E-state index contributed by atoms with van der Waals surface area (Å²) in [6.45, 7) is 7.23. The van der Waals surface area contributed by atoms with E-state index >= 15 is 0 Å². The Morgan fingerprint density at radius 2 is 2.00 bits per heavy atom. The third kappa shape index (κ3) is 3.54. The Kier molecular flexibility index (Phi) is 5.08. The van der Waals surface area contributed by atoms with E-state index in [-0.39, 0.29) is 17.2 Å². The molecule has 0 bridgehead atoms. The maximum atomic E-state index is 12.7. The molecule has 25 heavy (non-hydrogen) atoms. The molecule has 6 nitrogen and oxygen atoms in total. The summed E-state index contributed by atoms with van der Waals surface area (Å²) in [5, 5.41) is 0. The quantitative estimate of drug-likeness (QED) is 0.837. The molecule has 0 saturated carbocycles. The van der Waals surface area contributed by atoms with Gasteiger partial charge >= 0.3 is 0 Å². The minimum atomic E-state index is 0.0516. The Morgan fingerprint density at radius 1 is 1.28 bits per heavy atom. The molecule has 3 rings (SSSR count). The predicted molar refractivity (Wildman–Crippen MR) is 94.2 cm³/mol. The monoisotopic (exact) mass is 345 g/mol. The molecule has 136 valence electrons. The zero-order chi connectivity index (χ0) is 18.0. The number of likely N-dealkylation sites (tertiary alicyclic amines) is 2. The standard InChI is InChI=1S/C19H27N3O3/c1-14-8-16(10-20-9-14)18(24)21-6-4-19(5-7-21)13-22(15(2)23)11-17(19)12-25-3/h8-10,17H,4-7,11-13H2,1-3H3. The highest BCUT2D eigenvalue weighted by atomic mass is 16.5. The van der Waals surface area contributed by atoms with Gasteiger partial charge in [0.15, 0.2) is 0 Å². The third-order valence-electron chi connectivity index (χ3n) is 5.79. The van der Waals surface area contributed by atoms with E-state index in [1.807, 2.05) is 22.8 Å². The fraction of sp³-hybridized carbons (Fsp3) is 0.632. The minimum absolute atomic E-state index is 0.0516. The van der Waals surface area contributed by atoms with E-state index in [1.54, 1.807) is 26.4 Å². The van der Waals surface area contributed by atoms with Gasteiger partial charge in [0.25, 0.3) is 5.91 Å². The first-order valence-corrected chi connectivity index (χ1v) is 8.90. The van der Waals surface area contributed by atoms with Crippen molar-refractivity contribution in [2.45, 2.75) is 26.7 Å². The molecule has 1 spiro atoms. The highest BCUT2D eigenvalue weighted by Gasteiger charge is 2.49. The van der Waals surface area contributed by atoms with Crippen LogP contribution in [0.15, 0.2) is 18.5 Å². The molecule has 1 atom stereocenters. The molecule has 1 aromatic heterocycles. The van der Waals surface area contributed by atoms with Crippen LogP contribution in [0.4, 0.5) is 0 Å².